The summed E-state index contributed by atoms with van der Waals surface area (Å²) < 4.78 is 1.78. The number of amides is 1. The highest BCUT2D eigenvalue weighted by atomic mass is 16.1. The van der Waals surface area contributed by atoms with Gasteiger partial charge in [-0.1, -0.05) is 12.1 Å². The number of hydrogen-bond acceptors (Lipinski definition) is 3. The van der Waals surface area contributed by atoms with E-state index in [9.17, 15) is 4.79 Å². The van der Waals surface area contributed by atoms with Crippen LogP contribution in [0.5, 0.6) is 0 Å². The van der Waals surface area contributed by atoms with Gasteiger partial charge in [-0.2, -0.15) is 5.10 Å². The Balaban J connectivity index is 1.83. The van der Waals surface area contributed by atoms with Gasteiger partial charge in [0.15, 0.2) is 0 Å². The third-order valence-corrected chi connectivity index (χ3v) is 2.64. The molecule has 0 unspecified atom stereocenters. The Morgan fingerprint density at radius 3 is 2.72 bits per heavy atom. The first-order valence-electron chi connectivity index (χ1n) is 5.84. The van der Waals surface area contributed by atoms with Crippen molar-refractivity contribution in [2.24, 2.45) is 5.73 Å². The molecular formula is C13H16N4O. The molecule has 5 heteroatoms. The van der Waals surface area contributed by atoms with Gasteiger partial charge in [-0.25, -0.2) is 0 Å². The Kier molecular flexibility index (Phi) is 4.09. The molecule has 0 saturated carbocycles. The standard InChI is InChI=1S/C13H16N4O/c14-10-11-2-4-12(5-3-11)13(18)15-7-9-17-8-1-6-16-17/h1-6,8H,7,9-10,14H2,(H,15,18). The van der Waals surface area contributed by atoms with Crippen LogP contribution < -0.4 is 11.1 Å². The van der Waals surface area contributed by atoms with Gasteiger partial charge >= 0.3 is 0 Å². The molecule has 1 aromatic carbocycles. The molecule has 0 atom stereocenters. The van der Waals surface area contributed by atoms with E-state index >= 15 is 0 Å². The molecule has 3 N–H and O–H groups in total. The molecule has 1 aromatic heterocycles. The Morgan fingerprint density at radius 2 is 2.11 bits per heavy atom. The second-order valence-electron chi connectivity index (χ2n) is 3.93. The zero-order chi connectivity index (χ0) is 12.8. The van der Waals surface area contributed by atoms with Gasteiger partial charge in [0.25, 0.3) is 5.91 Å². The molecule has 0 aliphatic carbocycles. The van der Waals surface area contributed by atoms with Crippen molar-refractivity contribution >= 4 is 5.91 Å². The van der Waals surface area contributed by atoms with E-state index in [4.69, 9.17) is 5.73 Å². The zero-order valence-corrected chi connectivity index (χ0v) is 10.0. The maximum Gasteiger partial charge on any atom is 0.251 e. The number of nitrogens with zero attached hydrogens (tertiary/aromatic N) is 2. The van der Waals surface area contributed by atoms with Gasteiger partial charge in [0.1, 0.15) is 0 Å². The molecule has 18 heavy (non-hydrogen) atoms. The molecule has 0 spiro atoms. The average molecular weight is 244 g/mol. The minimum Gasteiger partial charge on any atom is -0.350 e. The molecule has 0 saturated heterocycles. The van der Waals surface area contributed by atoms with Gasteiger partial charge in [0.2, 0.25) is 0 Å². The van der Waals surface area contributed by atoms with E-state index in [1.165, 1.54) is 0 Å². The summed E-state index contributed by atoms with van der Waals surface area (Å²) >= 11 is 0. The summed E-state index contributed by atoms with van der Waals surface area (Å²) in [6.45, 7) is 1.71. The summed E-state index contributed by atoms with van der Waals surface area (Å²) in [5.74, 6) is -0.0780. The Labute approximate surface area is 106 Å². The van der Waals surface area contributed by atoms with Crippen molar-refractivity contribution in [2.45, 2.75) is 13.1 Å². The zero-order valence-electron chi connectivity index (χ0n) is 10.0. The van der Waals surface area contributed by atoms with E-state index in [-0.39, 0.29) is 5.91 Å². The monoisotopic (exact) mass is 244 g/mol. The highest BCUT2D eigenvalue weighted by molar-refractivity contribution is 5.94. The van der Waals surface area contributed by atoms with Crippen LogP contribution in [0.2, 0.25) is 0 Å². The largest absolute Gasteiger partial charge is 0.350 e. The van der Waals surface area contributed by atoms with Crippen LogP contribution in [-0.4, -0.2) is 22.2 Å². The van der Waals surface area contributed by atoms with Crippen LogP contribution in [0.1, 0.15) is 15.9 Å². The van der Waals surface area contributed by atoms with Crippen LogP contribution in [0.15, 0.2) is 42.7 Å². The first-order chi connectivity index (χ1) is 8.79. The Morgan fingerprint density at radius 1 is 1.33 bits per heavy atom. The minimum absolute atomic E-state index is 0.0780. The van der Waals surface area contributed by atoms with Crippen LogP contribution in [0.4, 0.5) is 0 Å². The quantitative estimate of drug-likeness (QED) is 0.816. The molecule has 1 heterocycles. The fourth-order valence-electron chi connectivity index (χ4n) is 1.61. The van der Waals surface area contributed by atoms with Gasteiger partial charge in [-0.15, -0.1) is 0 Å². The number of nitrogens with two attached hydrogens (primary N) is 1. The summed E-state index contributed by atoms with van der Waals surface area (Å²) in [4.78, 5) is 11.8. The first-order valence-corrected chi connectivity index (χ1v) is 5.84. The molecule has 94 valence electrons. The lowest BCUT2D eigenvalue weighted by Gasteiger charge is -2.06. The number of hydrogen-bond donors (Lipinski definition) is 2. The minimum atomic E-state index is -0.0780. The Bertz CT molecular complexity index is 490. The maximum absolute atomic E-state index is 11.8. The normalized spacial score (nSPS) is 10.3. The lowest BCUT2D eigenvalue weighted by Crippen LogP contribution is -2.27. The second-order valence-corrected chi connectivity index (χ2v) is 3.93. The van der Waals surface area contributed by atoms with Crippen LogP contribution in [0.25, 0.3) is 0 Å². The smallest absolute Gasteiger partial charge is 0.251 e. The van der Waals surface area contributed by atoms with Gasteiger partial charge in [-0.05, 0) is 23.8 Å². The summed E-state index contributed by atoms with van der Waals surface area (Å²) in [7, 11) is 0. The van der Waals surface area contributed by atoms with Crippen LogP contribution in [-0.2, 0) is 13.1 Å². The summed E-state index contributed by atoms with van der Waals surface area (Å²) in [6, 6.07) is 9.15. The molecule has 5 nitrogen and oxygen atoms in total. The number of rotatable bonds is 5. The maximum atomic E-state index is 11.8. The first kappa shape index (κ1) is 12.3. The molecule has 2 rings (SSSR count). The lowest BCUT2D eigenvalue weighted by molar-refractivity contribution is 0.0952. The van der Waals surface area contributed by atoms with E-state index in [2.05, 4.69) is 10.4 Å². The van der Waals surface area contributed by atoms with Crippen LogP contribution >= 0.6 is 0 Å². The number of carbonyl (C=O) groups excluding carboxylic acids is 1. The predicted molar refractivity (Wildman–Crippen MR) is 68.9 cm³/mol. The third-order valence-electron chi connectivity index (χ3n) is 2.64. The van der Waals surface area contributed by atoms with Gasteiger partial charge < -0.3 is 11.1 Å². The highest BCUT2D eigenvalue weighted by Gasteiger charge is 2.04. The van der Waals surface area contributed by atoms with E-state index in [1.54, 1.807) is 23.0 Å². The molecule has 0 fully saturated rings. The fraction of sp³-hybridized carbons (Fsp3) is 0.231. The molecule has 2 aromatic rings. The molecular weight excluding hydrogens is 228 g/mol. The van der Waals surface area contributed by atoms with E-state index < -0.39 is 0 Å². The summed E-state index contributed by atoms with van der Waals surface area (Å²) in [6.07, 6.45) is 3.58. The van der Waals surface area contributed by atoms with Crippen molar-refractivity contribution in [2.75, 3.05) is 6.54 Å². The van der Waals surface area contributed by atoms with Crippen molar-refractivity contribution in [1.82, 2.24) is 15.1 Å². The summed E-state index contributed by atoms with van der Waals surface area (Å²) in [5.41, 5.74) is 7.16. The van der Waals surface area contributed by atoms with Gasteiger partial charge in [-0.3, -0.25) is 9.48 Å². The van der Waals surface area contributed by atoms with Crippen molar-refractivity contribution < 1.29 is 4.79 Å². The third kappa shape index (κ3) is 3.18. The number of nitrogens with one attached hydrogen (secondary N) is 1. The average Bonchev–Trinajstić information content (AvgIpc) is 2.92. The molecule has 0 radical (unpaired) electrons. The Hall–Kier alpha value is -2.14. The molecule has 1 amide bonds. The van der Waals surface area contributed by atoms with Gasteiger partial charge in [0, 0.05) is 31.0 Å². The van der Waals surface area contributed by atoms with Crippen LogP contribution in [0, 0.1) is 0 Å². The predicted octanol–water partition coefficient (Wildman–Crippen LogP) is 0.772. The number of aromatic nitrogens is 2. The van der Waals surface area contributed by atoms with Crippen molar-refractivity contribution in [3.63, 3.8) is 0 Å². The van der Waals surface area contributed by atoms with Crippen molar-refractivity contribution in [3.8, 4) is 0 Å². The van der Waals surface area contributed by atoms with Gasteiger partial charge in [0.05, 0.1) is 6.54 Å². The van der Waals surface area contributed by atoms with Crippen molar-refractivity contribution in [1.29, 1.82) is 0 Å². The summed E-state index contributed by atoms with van der Waals surface area (Å²) in [5, 5.41) is 6.90. The number of benzene rings is 1. The van der Waals surface area contributed by atoms with Crippen molar-refractivity contribution in [3.05, 3.63) is 53.9 Å². The highest BCUT2D eigenvalue weighted by Crippen LogP contribution is 2.03. The van der Waals surface area contributed by atoms with Crippen LogP contribution in [0.3, 0.4) is 0 Å². The lowest BCUT2D eigenvalue weighted by atomic mass is 10.1. The second kappa shape index (κ2) is 5.97. The SMILES string of the molecule is NCc1ccc(C(=O)NCCn2cccn2)cc1. The molecule has 0 aliphatic rings. The molecule has 0 aliphatic heterocycles. The van der Waals surface area contributed by atoms with E-state index in [0.29, 0.717) is 25.2 Å². The topological polar surface area (TPSA) is 72.9 Å². The van der Waals surface area contributed by atoms with E-state index in [1.807, 2.05) is 24.4 Å². The number of carbonyl (C=O) groups is 1. The van der Waals surface area contributed by atoms with E-state index in [0.717, 1.165) is 5.56 Å². The fourth-order valence-corrected chi connectivity index (χ4v) is 1.61. The molecule has 0 bridgehead atoms.